The van der Waals surface area contributed by atoms with Crippen molar-refractivity contribution in [3.8, 4) is 0 Å². The Hall–Kier alpha value is -1.68. The quantitative estimate of drug-likeness (QED) is 0.770. The van der Waals surface area contributed by atoms with Crippen LogP contribution in [0.4, 0.5) is 4.79 Å². The van der Waals surface area contributed by atoms with E-state index in [2.05, 4.69) is 5.32 Å². The molecule has 2 saturated heterocycles. The van der Waals surface area contributed by atoms with Crippen molar-refractivity contribution in [2.24, 2.45) is 0 Å². The summed E-state index contributed by atoms with van der Waals surface area (Å²) in [6.07, 6.45) is -2.41. The molecule has 1 N–H and O–H groups in total. The van der Waals surface area contributed by atoms with E-state index in [1.54, 1.807) is 32.9 Å². The predicted octanol–water partition coefficient (Wildman–Crippen LogP) is 1.76. The molecule has 9 heteroatoms. The van der Waals surface area contributed by atoms with Crippen molar-refractivity contribution in [2.45, 2.75) is 62.5 Å². The second-order valence-electron chi connectivity index (χ2n) is 7.75. The number of fused-ring (bicyclic) bond motifs is 1. The van der Waals surface area contributed by atoms with Gasteiger partial charge in [-0.25, -0.2) is 4.79 Å². The number of rotatable bonds is 4. The molecule has 0 aromatic heterocycles. The van der Waals surface area contributed by atoms with Crippen LogP contribution < -0.4 is 5.32 Å². The Bertz CT molecular complexity index is 785. The molecule has 8 nitrogen and oxygen atoms in total. The molecule has 2 aliphatic heterocycles. The maximum absolute atomic E-state index is 12.5. The van der Waals surface area contributed by atoms with Gasteiger partial charge < -0.3 is 19.5 Å². The van der Waals surface area contributed by atoms with E-state index in [9.17, 15) is 13.2 Å². The highest BCUT2D eigenvalue weighted by Crippen LogP contribution is 2.31. The fourth-order valence-electron chi connectivity index (χ4n) is 3.05. The van der Waals surface area contributed by atoms with Gasteiger partial charge in [-0.2, -0.15) is 8.42 Å². The van der Waals surface area contributed by atoms with Crippen LogP contribution >= 0.6 is 0 Å². The SMILES string of the molecule is Cc1ccc(S(=O)(=O)O[C@@H]2CO[C@H]3[C@@H]2OC[C@@H]3NC(=O)OC(C)(C)C)cc1. The molecule has 1 aromatic carbocycles. The van der Waals surface area contributed by atoms with Crippen LogP contribution in [0.2, 0.25) is 0 Å². The molecule has 0 unspecified atom stereocenters. The molecule has 0 radical (unpaired) electrons. The highest BCUT2D eigenvalue weighted by molar-refractivity contribution is 7.86. The number of alkyl carbamates (subject to hydrolysis) is 1. The number of nitrogens with one attached hydrogen (secondary N) is 1. The van der Waals surface area contributed by atoms with Crippen LogP contribution in [0.15, 0.2) is 29.2 Å². The number of hydrogen-bond donors (Lipinski definition) is 1. The number of ether oxygens (including phenoxy) is 3. The average molecular weight is 399 g/mol. The van der Waals surface area contributed by atoms with E-state index in [0.29, 0.717) is 0 Å². The third-order valence-electron chi connectivity index (χ3n) is 4.27. The first-order valence-electron chi connectivity index (χ1n) is 8.78. The molecule has 2 heterocycles. The molecule has 27 heavy (non-hydrogen) atoms. The summed E-state index contributed by atoms with van der Waals surface area (Å²) >= 11 is 0. The fourth-order valence-corrected chi connectivity index (χ4v) is 4.12. The maximum atomic E-state index is 12.5. The summed E-state index contributed by atoms with van der Waals surface area (Å²) in [7, 11) is -3.94. The Labute approximate surface area is 159 Å². The van der Waals surface area contributed by atoms with Crippen LogP contribution in [0.5, 0.6) is 0 Å². The zero-order chi connectivity index (χ0) is 19.8. The van der Waals surface area contributed by atoms with Gasteiger partial charge in [-0.3, -0.25) is 4.18 Å². The van der Waals surface area contributed by atoms with E-state index >= 15 is 0 Å². The number of benzene rings is 1. The van der Waals surface area contributed by atoms with Crippen molar-refractivity contribution in [3.05, 3.63) is 29.8 Å². The van der Waals surface area contributed by atoms with E-state index in [1.165, 1.54) is 12.1 Å². The Morgan fingerprint density at radius 1 is 1.11 bits per heavy atom. The zero-order valence-electron chi connectivity index (χ0n) is 15.8. The topological polar surface area (TPSA) is 100 Å². The highest BCUT2D eigenvalue weighted by atomic mass is 32.2. The van der Waals surface area contributed by atoms with Gasteiger partial charge in [0.1, 0.15) is 23.9 Å². The summed E-state index contributed by atoms with van der Waals surface area (Å²) in [6, 6.07) is 5.98. The van der Waals surface area contributed by atoms with Gasteiger partial charge in [-0.05, 0) is 39.8 Å². The molecule has 150 valence electrons. The molecular formula is C18H25NO7S. The van der Waals surface area contributed by atoms with Crippen molar-refractivity contribution in [1.29, 1.82) is 0 Å². The van der Waals surface area contributed by atoms with Crippen LogP contribution in [-0.4, -0.2) is 57.7 Å². The van der Waals surface area contributed by atoms with Gasteiger partial charge in [-0.15, -0.1) is 0 Å². The predicted molar refractivity (Wildman–Crippen MR) is 95.9 cm³/mol. The molecule has 3 rings (SSSR count). The van der Waals surface area contributed by atoms with Crippen LogP contribution in [-0.2, 0) is 28.5 Å². The summed E-state index contributed by atoms with van der Waals surface area (Å²) in [5.74, 6) is 0. The molecule has 0 bridgehead atoms. The third-order valence-corrected chi connectivity index (χ3v) is 5.62. The second kappa shape index (κ2) is 7.38. The number of carbonyl (C=O) groups is 1. The van der Waals surface area contributed by atoms with Crippen molar-refractivity contribution in [1.82, 2.24) is 5.32 Å². The zero-order valence-corrected chi connectivity index (χ0v) is 16.6. The molecule has 1 aromatic rings. The Morgan fingerprint density at radius 2 is 1.74 bits per heavy atom. The first-order chi connectivity index (χ1) is 12.5. The lowest BCUT2D eigenvalue weighted by Gasteiger charge is -2.23. The van der Waals surface area contributed by atoms with Gasteiger partial charge >= 0.3 is 6.09 Å². The van der Waals surface area contributed by atoms with Crippen LogP contribution in [0.25, 0.3) is 0 Å². The first kappa shape index (κ1) is 20.1. The van der Waals surface area contributed by atoms with Crippen LogP contribution in [0.1, 0.15) is 26.3 Å². The minimum atomic E-state index is -3.94. The second-order valence-corrected chi connectivity index (χ2v) is 9.32. The Kier molecular flexibility index (Phi) is 5.49. The van der Waals surface area contributed by atoms with Crippen LogP contribution in [0, 0.1) is 6.92 Å². The van der Waals surface area contributed by atoms with E-state index < -0.39 is 46.2 Å². The summed E-state index contributed by atoms with van der Waals surface area (Å²) in [6.45, 7) is 7.44. The van der Waals surface area contributed by atoms with Gasteiger partial charge in [-0.1, -0.05) is 17.7 Å². The van der Waals surface area contributed by atoms with Gasteiger partial charge in [0.15, 0.2) is 0 Å². The number of hydrogen-bond acceptors (Lipinski definition) is 7. The highest BCUT2D eigenvalue weighted by Gasteiger charge is 2.50. The summed E-state index contributed by atoms with van der Waals surface area (Å²) in [4.78, 5) is 12.0. The van der Waals surface area contributed by atoms with Crippen molar-refractivity contribution < 1.29 is 31.6 Å². The monoisotopic (exact) mass is 399 g/mol. The number of aryl methyl sites for hydroxylation is 1. The molecule has 1 amide bonds. The van der Waals surface area contributed by atoms with Crippen molar-refractivity contribution in [2.75, 3.05) is 13.2 Å². The lowest BCUT2D eigenvalue weighted by atomic mass is 10.1. The largest absolute Gasteiger partial charge is 0.444 e. The minimum absolute atomic E-state index is 0.0624. The van der Waals surface area contributed by atoms with E-state index in [4.69, 9.17) is 18.4 Å². The average Bonchev–Trinajstić information content (AvgIpc) is 3.10. The molecular weight excluding hydrogens is 374 g/mol. The first-order valence-corrected chi connectivity index (χ1v) is 10.2. The van der Waals surface area contributed by atoms with E-state index in [0.717, 1.165) is 5.56 Å². The van der Waals surface area contributed by atoms with Crippen LogP contribution in [0.3, 0.4) is 0 Å². The lowest BCUT2D eigenvalue weighted by molar-refractivity contribution is 0.0316. The van der Waals surface area contributed by atoms with Gasteiger partial charge in [0.2, 0.25) is 0 Å². The van der Waals surface area contributed by atoms with Crippen molar-refractivity contribution in [3.63, 3.8) is 0 Å². The summed E-state index contributed by atoms with van der Waals surface area (Å²) in [5, 5.41) is 2.71. The van der Waals surface area contributed by atoms with Gasteiger partial charge in [0.25, 0.3) is 10.1 Å². The van der Waals surface area contributed by atoms with Crippen molar-refractivity contribution >= 4 is 16.2 Å². The third kappa shape index (κ3) is 4.78. The molecule has 4 atom stereocenters. The van der Waals surface area contributed by atoms with Gasteiger partial charge in [0.05, 0.1) is 24.2 Å². The van der Waals surface area contributed by atoms with E-state index in [1.807, 2.05) is 6.92 Å². The lowest BCUT2D eigenvalue weighted by Crippen LogP contribution is -2.46. The molecule has 2 fully saturated rings. The summed E-state index contributed by atoms with van der Waals surface area (Å²) < 4.78 is 46.8. The molecule has 2 aliphatic rings. The molecule has 0 spiro atoms. The fraction of sp³-hybridized carbons (Fsp3) is 0.611. The van der Waals surface area contributed by atoms with Gasteiger partial charge in [0, 0.05) is 0 Å². The maximum Gasteiger partial charge on any atom is 0.408 e. The standard InChI is InChI=1S/C18H25NO7S/c1-11-5-7-12(8-6-11)27(21,22)26-14-10-24-15-13(9-23-16(14)15)19-17(20)25-18(2,3)4/h5-8,13-16H,9-10H2,1-4H3,(H,19,20)/t13-,14+,15+,16+/m0/s1. The molecule has 0 aliphatic carbocycles. The Morgan fingerprint density at radius 3 is 2.37 bits per heavy atom. The van der Waals surface area contributed by atoms with E-state index in [-0.39, 0.29) is 18.1 Å². The summed E-state index contributed by atoms with van der Waals surface area (Å²) in [5.41, 5.74) is 0.334. The smallest absolute Gasteiger partial charge is 0.408 e. The molecule has 0 saturated carbocycles. The normalized spacial score (nSPS) is 28.0. The minimum Gasteiger partial charge on any atom is -0.444 e. The number of amides is 1. The Balaban J connectivity index is 1.62. The number of carbonyl (C=O) groups excluding carboxylic acids is 1.